The molecule has 5 heteroatoms. The number of carbonyl (C=O) groups excluding carboxylic acids is 1. The van der Waals surface area contributed by atoms with Crippen LogP contribution in [-0.4, -0.2) is 35.0 Å². The molecular formula is C15H32N2O3. The molecule has 120 valence electrons. The summed E-state index contributed by atoms with van der Waals surface area (Å²) in [6, 6.07) is -0.387. The zero-order valence-electron chi connectivity index (χ0n) is 13.8. The number of aliphatic hydroxyl groups is 1. The summed E-state index contributed by atoms with van der Waals surface area (Å²) in [5.74, 6) is 0.417. The number of amides is 1. The third kappa shape index (κ3) is 9.15. The molecule has 0 unspecified atom stereocenters. The molecule has 20 heavy (non-hydrogen) atoms. The van der Waals surface area contributed by atoms with Crippen molar-refractivity contribution >= 4 is 6.09 Å². The van der Waals surface area contributed by atoms with Gasteiger partial charge in [0.2, 0.25) is 0 Å². The third-order valence-corrected chi connectivity index (χ3v) is 2.97. The van der Waals surface area contributed by atoms with Crippen molar-refractivity contribution in [3.05, 3.63) is 0 Å². The Bertz CT molecular complexity index is 287. The summed E-state index contributed by atoms with van der Waals surface area (Å²) in [5, 5.41) is 12.9. The molecule has 1 amide bonds. The molecule has 5 nitrogen and oxygen atoms in total. The normalized spacial score (nSPS) is 16.6. The predicted molar refractivity (Wildman–Crippen MR) is 81.5 cm³/mol. The zero-order valence-corrected chi connectivity index (χ0v) is 13.8. The summed E-state index contributed by atoms with van der Waals surface area (Å²) in [6.45, 7) is 11.6. The summed E-state index contributed by atoms with van der Waals surface area (Å²) in [5.41, 5.74) is 5.31. The Hall–Kier alpha value is -0.810. The summed E-state index contributed by atoms with van der Waals surface area (Å²) in [6.07, 6.45) is 0.889. The minimum Gasteiger partial charge on any atom is -0.444 e. The van der Waals surface area contributed by atoms with Crippen LogP contribution < -0.4 is 11.1 Å². The van der Waals surface area contributed by atoms with Crippen molar-refractivity contribution in [2.24, 2.45) is 11.7 Å². The van der Waals surface area contributed by atoms with Crippen molar-refractivity contribution in [1.29, 1.82) is 0 Å². The summed E-state index contributed by atoms with van der Waals surface area (Å²) in [4.78, 5) is 11.8. The van der Waals surface area contributed by atoms with Crippen molar-refractivity contribution in [2.45, 2.75) is 84.6 Å². The van der Waals surface area contributed by atoms with Gasteiger partial charge in [-0.15, -0.1) is 0 Å². The summed E-state index contributed by atoms with van der Waals surface area (Å²) < 4.78 is 5.26. The van der Waals surface area contributed by atoms with Crippen LogP contribution in [0.15, 0.2) is 0 Å². The van der Waals surface area contributed by atoms with Gasteiger partial charge < -0.3 is 20.9 Å². The van der Waals surface area contributed by atoms with Crippen molar-refractivity contribution in [2.75, 3.05) is 0 Å². The summed E-state index contributed by atoms with van der Waals surface area (Å²) >= 11 is 0. The van der Waals surface area contributed by atoms with Gasteiger partial charge in [0.1, 0.15) is 5.60 Å². The van der Waals surface area contributed by atoms with Crippen LogP contribution in [0.3, 0.4) is 0 Å². The number of rotatable bonds is 7. The van der Waals surface area contributed by atoms with Crippen molar-refractivity contribution in [1.82, 2.24) is 5.32 Å². The minimum atomic E-state index is -0.612. The molecule has 0 aliphatic carbocycles. The van der Waals surface area contributed by atoms with Crippen molar-refractivity contribution < 1.29 is 14.6 Å². The first-order valence-corrected chi connectivity index (χ1v) is 7.48. The van der Waals surface area contributed by atoms with Gasteiger partial charge >= 0.3 is 6.09 Å². The first-order chi connectivity index (χ1) is 9.05. The molecule has 4 N–H and O–H groups in total. The second-order valence-electron chi connectivity index (χ2n) is 6.85. The topological polar surface area (TPSA) is 84.6 Å². The number of alkyl carbamates (subject to hydrolysis) is 1. The number of aliphatic hydroxyl groups excluding tert-OH is 1. The molecule has 0 heterocycles. The SMILES string of the molecule is CC[C@H](N)[C@@H](O)C[C@H](CC(C)C)NC(=O)OC(C)(C)C. The average Bonchev–Trinajstić information content (AvgIpc) is 2.23. The van der Waals surface area contributed by atoms with Gasteiger partial charge in [0.25, 0.3) is 0 Å². The highest BCUT2D eigenvalue weighted by Gasteiger charge is 2.24. The van der Waals surface area contributed by atoms with Crippen molar-refractivity contribution in [3.63, 3.8) is 0 Å². The molecule has 0 fully saturated rings. The molecule has 0 aromatic rings. The van der Waals surface area contributed by atoms with E-state index in [0.29, 0.717) is 18.8 Å². The first kappa shape index (κ1) is 19.2. The Morgan fingerprint density at radius 2 is 1.85 bits per heavy atom. The number of nitrogens with one attached hydrogen (secondary N) is 1. The van der Waals surface area contributed by atoms with E-state index in [4.69, 9.17) is 10.5 Å². The third-order valence-electron chi connectivity index (χ3n) is 2.97. The highest BCUT2D eigenvalue weighted by atomic mass is 16.6. The molecule has 0 aromatic heterocycles. The molecule has 0 saturated heterocycles. The Labute approximate surface area is 123 Å². The van der Waals surface area contributed by atoms with Gasteiger partial charge in [-0.1, -0.05) is 20.8 Å². The maximum atomic E-state index is 11.8. The number of hydrogen-bond acceptors (Lipinski definition) is 4. The smallest absolute Gasteiger partial charge is 0.407 e. The van der Waals surface area contributed by atoms with Crippen LogP contribution in [0.2, 0.25) is 0 Å². The van der Waals surface area contributed by atoms with E-state index in [9.17, 15) is 9.90 Å². The maximum Gasteiger partial charge on any atom is 0.407 e. The Morgan fingerprint density at radius 1 is 1.30 bits per heavy atom. The standard InChI is InChI=1S/C15H32N2O3/c1-7-12(16)13(18)9-11(8-10(2)3)17-14(19)20-15(4,5)6/h10-13,18H,7-9,16H2,1-6H3,(H,17,19)/t11-,12-,13-/m0/s1. The quantitative estimate of drug-likeness (QED) is 0.671. The minimum absolute atomic E-state index is 0.127. The molecule has 0 aliphatic rings. The Morgan fingerprint density at radius 3 is 2.25 bits per heavy atom. The van der Waals surface area contributed by atoms with Crippen LogP contribution in [0.1, 0.15) is 60.8 Å². The molecule has 0 aromatic carbocycles. The van der Waals surface area contributed by atoms with Gasteiger partial charge in [-0.05, 0) is 46.0 Å². The van der Waals surface area contributed by atoms with Crippen LogP contribution in [0.5, 0.6) is 0 Å². The van der Waals surface area contributed by atoms with Crippen LogP contribution in [-0.2, 0) is 4.74 Å². The maximum absolute atomic E-state index is 11.8. The van der Waals surface area contributed by atoms with Gasteiger partial charge in [0.15, 0.2) is 0 Å². The Balaban J connectivity index is 4.52. The molecule has 3 atom stereocenters. The molecule has 0 aliphatic heterocycles. The lowest BCUT2D eigenvalue weighted by Crippen LogP contribution is -2.44. The van der Waals surface area contributed by atoms with Crippen LogP contribution >= 0.6 is 0 Å². The predicted octanol–water partition coefficient (Wildman–Crippen LogP) is 2.41. The van der Waals surface area contributed by atoms with Gasteiger partial charge in [-0.2, -0.15) is 0 Å². The molecule has 0 bridgehead atoms. The van der Waals surface area contributed by atoms with Crippen LogP contribution in [0.25, 0.3) is 0 Å². The van der Waals surface area contributed by atoms with Crippen LogP contribution in [0.4, 0.5) is 4.79 Å². The highest BCUT2D eigenvalue weighted by Crippen LogP contribution is 2.14. The molecule has 0 saturated carbocycles. The van der Waals surface area contributed by atoms with Gasteiger partial charge in [-0.25, -0.2) is 4.79 Å². The van der Waals surface area contributed by atoms with E-state index >= 15 is 0 Å². The fourth-order valence-electron chi connectivity index (χ4n) is 2.00. The zero-order chi connectivity index (χ0) is 15.9. The van der Waals surface area contributed by atoms with E-state index in [1.54, 1.807) is 0 Å². The average molecular weight is 288 g/mol. The van der Waals surface area contributed by atoms with E-state index in [1.165, 1.54) is 0 Å². The lowest BCUT2D eigenvalue weighted by molar-refractivity contribution is 0.0465. The number of ether oxygens (including phenoxy) is 1. The second kappa shape index (κ2) is 8.47. The van der Waals surface area contributed by atoms with E-state index in [-0.39, 0.29) is 12.1 Å². The number of nitrogens with two attached hydrogens (primary N) is 1. The molecule has 0 rings (SSSR count). The number of carbonyl (C=O) groups is 1. The van der Waals surface area contributed by atoms with Gasteiger partial charge in [0, 0.05) is 12.1 Å². The molecule has 0 spiro atoms. The lowest BCUT2D eigenvalue weighted by atomic mass is 9.95. The first-order valence-electron chi connectivity index (χ1n) is 7.48. The summed E-state index contributed by atoms with van der Waals surface area (Å²) in [7, 11) is 0. The van der Waals surface area contributed by atoms with Crippen molar-refractivity contribution in [3.8, 4) is 0 Å². The van der Waals surface area contributed by atoms with Gasteiger partial charge in [-0.3, -0.25) is 0 Å². The number of hydrogen-bond donors (Lipinski definition) is 3. The van der Waals surface area contributed by atoms with Gasteiger partial charge in [0.05, 0.1) is 6.10 Å². The fourth-order valence-corrected chi connectivity index (χ4v) is 2.00. The molecular weight excluding hydrogens is 256 g/mol. The van der Waals surface area contributed by atoms with E-state index in [0.717, 1.165) is 6.42 Å². The largest absolute Gasteiger partial charge is 0.444 e. The lowest BCUT2D eigenvalue weighted by Gasteiger charge is -2.27. The molecule has 0 radical (unpaired) electrons. The van der Waals surface area contributed by atoms with E-state index < -0.39 is 17.8 Å². The highest BCUT2D eigenvalue weighted by molar-refractivity contribution is 5.68. The second-order valence-corrected chi connectivity index (χ2v) is 6.85. The van der Waals surface area contributed by atoms with E-state index in [2.05, 4.69) is 19.2 Å². The Kier molecular flexibility index (Phi) is 8.13. The fraction of sp³-hybridized carbons (Fsp3) is 0.933. The van der Waals surface area contributed by atoms with Crippen LogP contribution in [0, 0.1) is 5.92 Å². The van der Waals surface area contributed by atoms with E-state index in [1.807, 2.05) is 27.7 Å². The monoisotopic (exact) mass is 288 g/mol.